The van der Waals surface area contributed by atoms with Gasteiger partial charge in [0.2, 0.25) is 0 Å². The Bertz CT molecular complexity index is 1360. The first-order chi connectivity index (χ1) is 16.7. The molecule has 2 aromatic heterocycles. The topological polar surface area (TPSA) is 72.3 Å². The van der Waals surface area contributed by atoms with Gasteiger partial charge in [-0.1, -0.05) is 24.3 Å². The molecule has 0 saturated carbocycles. The van der Waals surface area contributed by atoms with Crippen LogP contribution in [0.25, 0.3) is 10.8 Å². The van der Waals surface area contributed by atoms with E-state index in [1.807, 2.05) is 48.8 Å². The first-order valence-electron chi connectivity index (χ1n) is 11.8. The third-order valence-electron chi connectivity index (χ3n) is 6.94. The number of carbonyl (C=O) groups is 1. The molecule has 7 nitrogen and oxygen atoms in total. The van der Waals surface area contributed by atoms with Crippen LogP contribution < -0.4 is 15.0 Å². The highest BCUT2D eigenvalue weighted by Gasteiger charge is 2.32. The predicted octanol–water partition coefficient (Wildman–Crippen LogP) is 4.12. The van der Waals surface area contributed by atoms with E-state index in [2.05, 4.69) is 27.4 Å². The third kappa shape index (κ3) is 3.62. The summed E-state index contributed by atoms with van der Waals surface area (Å²) in [5.41, 5.74) is 4.04. The number of ether oxygens (including phenoxy) is 1. The molecule has 0 spiro atoms. The zero-order valence-corrected chi connectivity index (χ0v) is 19.2. The average molecular weight is 454 g/mol. The third-order valence-corrected chi connectivity index (χ3v) is 6.94. The second-order valence-corrected chi connectivity index (χ2v) is 9.06. The van der Waals surface area contributed by atoms with E-state index in [9.17, 15) is 4.79 Å². The van der Waals surface area contributed by atoms with Crippen molar-refractivity contribution in [1.82, 2.24) is 20.1 Å². The number of piperidine rings is 1. The molecule has 0 aliphatic carbocycles. The largest absolute Gasteiger partial charge is 0.497 e. The standard InChI is InChI=1S/C27H27N5O2/c1-34-22-7-5-18(6-8-22)16-31-26-25-23(3-2-4-24(25)27(31)33)20(15-29-26)13-19-14-30-32(17-19)21-9-11-28-12-10-21/h2-8,14-15,17,21,28H,9-13,16H2,1H3. The lowest BCUT2D eigenvalue weighted by Gasteiger charge is -2.22. The molecule has 4 aromatic rings. The fourth-order valence-electron chi connectivity index (χ4n) is 5.12. The van der Waals surface area contributed by atoms with Crippen molar-refractivity contribution in [2.75, 3.05) is 25.1 Å². The number of benzene rings is 2. The average Bonchev–Trinajstić information content (AvgIpc) is 3.46. The predicted molar refractivity (Wildman–Crippen MR) is 131 cm³/mol. The van der Waals surface area contributed by atoms with Crippen molar-refractivity contribution in [2.45, 2.75) is 31.8 Å². The summed E-state index contributed by atoms with van der Waals surface area (Å²) in [6.07, 6.45) is 9.01. The van der Waals surface area contributed by atoms with Crippen molar-refractivity contribution >= 4 is 22.5 Å². The van der Waals surface area contributed by atoms with Gasteiger partial charge in [0.05, 0.1) is 31.5 Å². The maximum absolute atomic E-state index is 13.3. The van der Waals surface area contributed by atoms with Gasteiger partial charge in [-0.05, 0) is 66.2 Å². The summed E-state index contributed by atoms with van der Waals surface area (Å²) in [7, 11) is 1.65. The normalized spacial score (nSPS) is 15.9. The van der Waals surface area contributed by atoms with Gasteiger partial charge >= 0.3 is 0 Å². The van der Waals surface area contributed by atoms with Crippen LogP contribution in [0.1, 0.15) is 45.9 Å². The summed E-state index contributed by atoms with van der Waals surface area (Å²) in [6, 6.07) is 14.2. The maximum Gasteiger partial charge on any atom is 0.260 e. The number of nitrogens with zero attached hydrogens (tertiary/aromatic N) is 4. The summed E-state index contributed by atoms with van der Waals surface area (Å²) in [4.78, 5) is 19.8. The van der Waals surface area contributed by atoms with Crippen molar-refractivity contribution in [3.05, 3.63) is 83.3 Å². The Morgan fingerprint density at radius 2 is 1.88 bits per heavy atom. The quantitative estimate of drug-likeness (QED) is 0.476. The summed E-state index contributed by atoms with van der Waals surface area (Å²) in [5.74, 6) is 1.54. The van der Waals surface area contributed by atoms with E-state index in [0.717, 1.165) is 71.4 Å². The number of rotatable bonds is 6. The lowest BCUT2D eigenvalue weighted by molar-refractivity contribution is 0.0991. The molecule has 34 heavy (non-hydrogen) atoms. The molecule has 0 unspecified atom stereocenters. The highest BCUT2D eigenvalue weighted by atomic mass is 16.5. The number of anilines is 1. The lowest BCUT2D eigenvalue weighted by Crippen LogP contribution is -2.29. The number of carbonyl (C=O) groups excluding carboxylic acids is 1. The minimum atomic E-state index is -0.000189. The minimum Gasteiger partial charge on any atom is -0.497 e. The van der Waals surface area contributed by atoms with Gasteiger partial charge in [-0.2, -0.15) is 5.10 Å². The van der Waals surface area contributed by atoms with Gasteiger partial charge in [0.1, 0.15) is 11.6 Å². The molecule has 1 fully saturated rings. The van der Waals surface area contributed by atoms with Gasteiger partial charge < -0.3 is 10.1 Å². The molecule has 2 aromatic carbocycles. The number of hydrogen-bond acceptors (Lipinski definition) is 5. The number of aromatic nitrogens is 3. The van der Waals surface area contributed by atoms with Crippen LogP contribution >= 0.6 is 0 Å². The molecule has 6 rings (SSSR count). The maximum atomic E-state index is 13.3. The van der Waals surface area contributed by atoms with Gasteiger partial charge in [-0.15, -0.1) is 0 Å². The highest BCUT2D eigenvalue weighted by molar-refractivity contribution is 6.24. The SMILES string of the molecule is COc1ccc(CN2C(=O)c3cccc4c(Cc5cnn(C6CCNCC6)c5)cnc2c34)cc1. The van der Waals surface area contributed by atoms with Gasteiger partial charge in [0.25, 0.3) is 5.91 Å². The minimum absolute atomic E-state index is 0.000189. The van der Waals surface area contributed by atoms with Crippen LogP contribution in [-0.2, 0) is 13.0 Å². The zero-order valence-electron chi connectivity index (χ0n) is 19.2. The van der Waals surface area contributed by atoms with Crippen LogP contribution in [-0.4, -0.2) is 40.9 Å². The first-order valence-corrected chi connectivity index (χ1v) is 11.8. The fraction of sp³-hybridized carbons (Fsp3) is 0.296. The van der Waals surface area contributed by atoms with Crippen molar-refractivity contribution in [3.8, 4) is 5.75 Å². The van der Waals surface area contributed by atoms with Crippen molar-refractivity contribution in [1.29, 1.82) is 0 Å². The molecule has 0 atom stereocenters. The van der Waals surface area contributed by atoms with Gasteiger partial charge in [0, 0.05) is 24.2 Å². The Balaban J connectivity index is 1.30. The van der Waals surface area contributed by atoms with Crippen LogP contribution in [0.3, 0.4) is 0 Å². The first kappa shape index (κ1) is 20.9. The summed E-state index contributed by atoms with van der Waals surface area (Å²) >= 11 is 0. The van der Waals surface area contributed by atoms with Crippen molar-refractivity contribution < 1.29 is 9.53 Å². The second kappa shape index (κ2) is 8.57. The van der Waals surface area contributed by atoms with Gasteiger partial charge in [-0.3, -0.25) is 14.4 Å². The number of nitrogens with one attached hydrogen (secondary N) is 1. The number of pyridine rings is 1. The Morgan fingerprint density at radius 3 is 2.68 bits per heavy atom. The molecule has 1 saturated heterocycles. The van der Waals surface area contributed by atoms with Gasteiger partial charge in [0.15, 0.2) is 0 Å². The molecule has 1 N–H and O–H groups in total. The van der Waals surface area contributed by atoms with E-state index < -0.39 is 0 Å². The van der Waals surface area contributed by atoms with Crippen LogP contribution in [0.2, 0.25) is 0 Å². The van der Waals surface area contributed by atoms with E-state index >= 15 is 0 Å². The van der Waals surface area contributed by atoms with Crippen LogP contribution in [0, 0.1) is 0 Å². The fourth-order valence-corrected chi connectivity index (χ4v) is 5.12. The van der Waals surface area contributed by atoms with Crippen LogP contribution in [0.5, 0.6) is 5.75 Å². The molecule has 4 heterocycles. The van der Waals surface area contributed by atoms with Gasteiger partial charge in [-0.25, -0.2) is 4.98 Å². The molecule has 0 bridgehead atoms. The molecule has 2 aliphatic heterocycles. The molecule has 0 radical (unpaired) electrons. The Morgan fingerprint density at radius 1 is 1.06 bits per heavy atom. The Hall–Kier alpha value is -3.71. The molecule has 2 aliphatic rings. The summed E-state index contributed by atoms with van der Waals surface area (Å²) in [5, 5.41) is 10.1. The van der Waals surface area contributed by atoms with E-state index in [-0.39, 0.29) is 5.91 Å². The smallest absolute Gasteiger partial charge is 0.260 e. The summed E-state index contributed by atoms with van der Waals surface area (Å²) in [6.45, 7) is 2.56. The zero-order chi connectivity index (χ0) is 23.1. The molecule has 1 amide bonds. The number of methoxy groups -OCH3 is 1. The highest BCUT2D eigenvalue weighted by Crippen LogP contribution is 2.38. The Labute approximate surface area is 198 Å². The van der Waals surface area contributed by atoms with E-state index in [4.69, 9.17) is 9.72 Å². The van der Waals surface area contributed by atoms with Crippen LogP contribution in [0.15, 0.2) is 61.1 Å². The second-order valence-electron chi connectivity index (χ2n) is 9.06. The molecular weight excluding hydrogens is 426 g/mol. The number of amides is 1. The molecule has 7 heteroatoms. The van der Waals surface area contributed by atoms with Crippen LogP contribution in [0.4, 0.5) is 5.82 Å². The Kier molecular flexibility index (Phi) is 5.26. The van der Waals surface area contributed by atoms with E-state index in [1.165, 1.54) is 5.56 Å². The van der Waals surface area contributed by atoms with Crippen molar-refractivity contribution in [3.63, 3.8) is 0 Å². The van der Waals surface area contributed by atoms with Crippen molar-refractivity contribution in [2.24, 2.45) is 0 Å². The summed E-state index contributed by atoms with van der Waals surface area (Å²) < 4.78 is 7.37. The molecule has 172 valence electrons. The lowest BCUT2D eigenvalue weighted by atomic mass is 10.00. The monoisotopic (exact) mass is 453 g/mol. The van der Waals surface area contributed by atoms with E-state index in [0.29, 0.717) is 12.6 Å². The van der Waals surface area contributed by atoms with E-state index in [1.54, 1.807) is 12.0 Å². The molecular formula is C27H27N5O2. The number of hydrogen-bond donors (Lipinski definition) is 1.